The van der Waals surface area contributed by atoms with Crippen molar-refractivity contribution < 1.29 is 19.4 Å². The lowest BCUT2D eigenvalue weighted by Crippen LogP contribution is -2.41. The summed E-state index contributed by atoms with van der Waals surface area (Å²) in [5, 5.41) is 9.71. The van der Waals surface area contributed by atoms with Gasteiger partial charge in [-0.2, -0.15) is 0 Å². The molecule has 0 spiro atoms. The number of carboxylic acids is 1. The first kappa shape index (κ1) is 20.6. The molecule has 1 fully saturated rings. The number of hydrogen-bond donors (Lipinski definition) is 1. The van der Waals surface area contributed by atoms with Crippen molar-refractivity contribution in [1.82, 2.24) is 4.90 Å². The number of carboxylic acid groups (broad SMARTS) is 1. The Hall–Kier alpha value is -3.25. The fourth-order valence-electron chi connectivity index (χ4n) is 4.69. The van der Waals surface area contributed by atoms with Gasteiger partial charge in [-0.1, -0.05) is 66.7 Å². The lowest BCUT2D eigenvalue weighted by molar-refractivity contribution is -0.141. The molecule has 1 heterocycles. The van der Waals surface area contributed by atoms with Gasteiger partial charge in [0, 0.05) is 22.6 Å². The van der Waals surface area contributed by atoms with Gasteiger partial charge in [0.05, 0.1) is 0 Å². The van der Waals surface area contributed by atoms with Crippen molar-refractivity contribution in [2.45, 2.75) is 28.5 Å². The van der Waals surface area contributed by atoms with Crippen LogP contribution in [-0.2, 0) is 9.53 Å². The third-order valence-corrected chi connectivity index (χ3v) is 7.38. The quantitative estimate of drug-likeness (QED) is 0.581. The summed E-state index contributed by atoms with van der Waals surface area (Å²) in [7, 11) is 0. The average molecular weight is 446 g/mol. The van der Waals surface area contributed by atoms with Gasteiger partial charge in [0.25, 0.3) is 0 Å². The van der Waals surface area contributed by atoms with E-state index in [0.717, 1.165) is 27.1 Å². The van der Waals surface area contributed by atoms with Crippen molar-refractivity contribution in [1.29, 1.82) is 0 Å². The van der Waals surface area contributed by atoms with Gasteiger partial charge in [-0.25, -0.2) is 9.59 Å². The fourth-order valence-corrected chi connectivity index (χ4v) is 5.90. The molecule has 0 bridgehead atoms. The molecule has 6 heteroatoms. The summed E-state index contributed by atoms with van der Waals surface area (Å²) in [6.45, 7) is 0.541. The topological polar surface area (TPSA) is 66.8 Å². The lowest BCUT2D eigenvalue weighted by Gasteiger charge is -2.22. The molecule has 1 N–H and O–H groups in total. The molecular weight excluding hydrogens is 422 g/mol. The first-order valence-electron chi connectivity index (χ1n) is 10.7. The highest BCUT2D eigenvalue weighted by Crippen LogP contribution is 2.44. The van der Waals surface area contributed by atoms with Crippen molar-refractivity contribution in [3.05, 3.63) is 90.0 Å². The van der Waals surface area contributed by atoms with Crippen LogP contribution in [0, 0.1) is 0 Å². The number of likely N-dealkylation sites (tertiary alicyclic amines) is 1. The van der Waals surface area contributed by atoms with Gasteiger partial charge in [0.15, 0.2) is 0 Å². The lowest BCUT2D eigenvalue weighted by atomic mass is 9.98. The molecule has 3 aromatic rings. The third kappa shape index (κ3) is 3.86. The van der Waals surface area contributed by atoms with E-state index in [1.165, 1.54) is 4.90 Å². The molecule has 0 aromatic heterocycles. The summed E-state index contributed by atoms with van der Waals surface area (Å²) < 4.78 is 5.72. The van der Waals surface area contributed by atoms with Gasteiger partial charge < -0.3 is 9.84 Å². The Kier molecular flexibility index (Phi) is 5.62. The summed E-state index contributed by atoms with van der Waals surface area (Å²) in [6, 6.07) is 25.3. The zero-order chi connectivity index (χ0) is 22.1. The molecule has 3 aromatic carbocycles. The second kappa shape index (κ2) is 8.71. The standard InChI is InChI=1S/C26H23NO4S/c28-25(29)24-14-18(32-17-8-2-1-3-9-17)15-27(24)26(30)31-16-23-21-12-6-4-10-19(21)20-11-5-7-13-22(20)23/h1-13,18,23-24H,14-16H2,(H,28,29)/t18?,24-/m0/s1. The highest BCUT2D eigenvalue weighted by atomic mass is 32.2. The first-order chi connectivity index (χ1) is 15.6. The van der Waals surface area contributed by atoms with Gasteiger partial charge in [-0.15, -0.1) is 11.8 Å². The van der Waals surface area contributed by atoms with Crippen molar-refractivity contribution in [2.24, 2.45) is 0 Å². The number of aliphatic carboxylic acids is 1. The molecule has 1 unspecified atom stereocenters. The number of rotatable bonds is 5. The van der Waals surface area contributed by atoms with Gasteiger partial charge in [-0.3, -0.25) is 4.90 Å². The Bertz CT molecular complexity index is 1100. The average Bonchev–Trinajstić information content (AvgIpc) is 3.38. The zero-order valence-electron chi connectivity index (χ0n) is 17.4. The number of thioether (sulfide) groups is 1. The van der Waals surface area contributed by atoms with Crippen molar-refractivity contribution >= 4 is 23.8 Å². The Labute approximate surface area is 191 Å². The number of carbonyl (C=O) groups excluding carboxylic acids is 1. The van der Waals surface area contributed by atoms with E-state index in [2.05, 4.69) is 24.3 Å². The Morgan fingerprint density at radius 2 is 1.50 bits per heavy atom. The van der Waals surface area contributed by atoms with E-state index in [4.69, 9.17) is 4.74 Å². The van der Waals surface area contributed by atoms with E-state index >= 15 is 0 Å². The third-order valence-electron chi connectivity index (χ3n) is 6.16. The van der Waals surface area contributed by atoms with Crippen molar-refractivity contribution in [3.63, 3.8) is 0 Å². The molecule has 5 rings (SSSR count). The fraction of sp³-hybridized carbons (Fsp3) is 0.231. The monoisotopic (exact) mass is 445 g/mol. The predicted octanol–water partition coefficient (Wildman–Crippen LogP) is 5.26. The molecule has 1 amide bonds. The Morgan fingerprint density at radius 1 is 0.906 bits per heavy atom. The largest absolute Gasteiger partial charge is 0.480 e. The zero-order valence-corrected chi connectivity index (χ0v) is 18.2. The van der Waals surface area contributed by atoms with Crippen LogP contribution in [0.3, 0.4) is 0 Å². The van der Waals surface area contributed by atoms with Gasteiger partial charge in [0.1, 0.15) is 12.6 Å². The minimum absolute atomic E-state index is 0.0129. The van der Waals surface area contributed by atoms with Crippen LogP contribution in [0.25, 0.3) is 11.1 Å². The molecule has 5 nitrogen and oxygen atoms in total. The number of amides is 1. The molecule has 2 atom stereocenters. The Balaban J connectivity index is 1.30. The minimum Gasteiger partial charge on any atom is -0.480 e. The maximum atomic E-state index is 13.0. The second-order valence-corrected chi connectivity index (χ2v) is 9.47. The number of fused-ring (bicyclic) bond motifs is 3. The second-order valence-electron chi connectivity index (χ2n) is 8.10. The SMILES string of the molecule is O=C(O)[C@@H]1CC(Sc2ccccc2)CN1C(=O)OCC1c2ccccc2-c2ccccc21. The van der Waals surface area contributed by atoms with Crippen molar-refractivity contribution in [2.75, 3.05) is 13.2 Å². The van der Waals surface area contributed by atoms with Crippen LogP contribution in [0.5, 0.6) is 0 Å². The normalized spacial score (nSPS) is 19.4. The summed E-state index contributed by atoms with van der Waals surface area (Å²) in [5.41, 5.74) is 4.59. The van der Waals surface area contributed by atoms with Crippen LogP contribution >= 0.6 is 11.8 Å². The van der Waals surface area contributed by atoms with Crippen molar-refractivity contribution in [3.8, 4) is 11.1 Å². The summed E-state index contributed by atoms with van der Waals surface area (Å²) in [6.07, 6.45) is -0.158. The van der Waals surface area contributed by atoms with Crippen LogP contribution in [0.2, 0.25) is 0 Å². The molecule has 1 aliphatic heterocycles. The molecular formula is C26H23NO4S. The van der Waals surface area contributed by atoms with E-state index in [9.17, 15) is 14.7 Å². The molecule has 2 aliphatic rings. The van der Waals surface area contributed by atoms with Gasteiger partial charge in [-0.05, 0) is 40.8 Å². The van der Waals surface area contributed by atoms with Crippen LogP contribution in [0.1, 0.15) is 23.5 Å². The highest BCUT2D eigenvalue weighted by molar-refractivity contribution is 8.00. The van der Waals surface area contributed by atoms with Crippen LogP contribution in [0.4, 0.5) is 4.79 Å². The van der Waals surface area contributed by atoms with E-state index in [-0.39, 0.29) is 17.8 Å². The molecule has 1 saturated heterocycles. The summed E-state index contributed by atoms with van der Waals surface area (Å²) >= 11 is 1.61. The predicted molar refractivity (Wildman–Crippen MR) is 124 cm³/mol. The summed E-state index contributed by atoms with van der Waals surface area (Å²) in [5.74, 6) is -1.04. The maximum absolute atomic E-state index is 13.0. The highest BCUT2D eigenvalue weighted by Gasteiger charge is 2.41. The van der Waals surface area contributed by atoms with Gasteiger partial charge >= 0.3 is 12.1 Å². The van der Waals surface area contributed by atoms with Gasteiger partial charge in [0.2, 0.25) is 0 Å². The van der Waals surface area contributed by atoms with E-state index in [1.807, 2.05) is 54.6 Å². The minimum atomic E-state index is -0.991. The smallest absolute Gasteiger partial charge is 0.410 e. The molecule has 0 saturated carbocycles. The number of hydrogen-bond acceptors (Lipinski definition) is 4. The van der Waals surface area contributed by atoms with E-state index in [0.29, 0.717) is 13.0 Å². The molecule has 1 aliphatic carbocycles. The Morgan fingerprint density at radius 3 is 2.12 bits per heavy atom. The maximum Gasteiger partial charge on any atom is 0.410 e. The molecule has 32 heavy (non-hydrogen) atoms. The number of carbonyl (C=O) groups is 2. The molecule has 162 valence electrons. The van der Waals surface area contributed by atoms with Crippen LogP contribution < -0.4 is 0 Å². The van der Waals surface area contributed by atoms with Crippen LogP contribution in [0.15, 0.2) is 83.8 Å². The number of ether oxygens (including phenoxy) is 1. The number of nitrogens with zero attached hydrogens (tertiary/aromatic N) is 1. The molecule has 0 radical (unpaired) electrons. The van der Waals surface area contributed by atoms with Crippen LogP contribution in [-0.4, -0.2) is 46.5 Å². The first-order valence-corrected chi connectivity index (χ1v) is 11.6. The van der Waals surface area contributed by atoms with E-state index in [1.54, 1.807) is 11.8 Å². The summed E-state index contributed by atoms with van der Waals surface area (Å²) in [4.78, 5) is 27.2. The van der Waals surface area contributed by atoms with E-state index < -0.39 is 18.1 Å². The number of benzene rings is 3.